The summed E-state index contributed by atoms with van der Waals surface area (Å²) in [7, 11) is 0. The van der Waals surface area contributed by atoms with E-state index < -0.39 is 4.92 Å². The molecule has 6 heteroatoms. The number of carbonyl (C=O) groups excluding carboxylic acids is 1. The van der Waals surface area contributed by atoms with Crippen LogP contribution < -0.4 is 0 Å². The van der Waals surface area contributed by atoms with Crippen LogP contribution in [0.1, 0.15) is 30.0 Å². The van der Waals surface area contributed by atoms with Gasteiger partial charge < -0.3 is 4.90 Å². The zero-order valence-electron chi connectivity index (χ0n) is 11.9. The van der Waals surface area contributed by atoms with Gasteiger partial charge in [0.1, 0.15) is 0 Å². The van der Waals surface area contributed by atoms with Crippen LogP contribution in [0.3, 0.4) is 0 Å². The molecule has 0 spiro atoms. The second-order valence-corrected chi connectivity index (χ2v) is 5.29. The molecule has 0 aliphatic carbocycles. The lowest BCUT2D eigenvalue weighted by Gasteiger charge is -2.25. The van der Waals surface area contributed by atoms with Crippen molar-refractivity contribution in [3.63, 3.8) is 0 Å². The molecule has 0 saturated carbocycles. The highest BCUT2D eigenvalue weighted by molar-refractivity contribution is 5.79. The first-order chi connectivity index (χ1) is 10.6. The lowest BCUT2D eigenvalue weighted by atomic mass is 10.1. The second kappa shape index (κ2) is 5.93. The zero-order chi connectivity index (χ0) is 15.5. The molecule has 1 atom stereocenters. The SMILES string of the molecule is O=C1CCC(c2cccnc2)N1Cc1ccc([N+](=O)[O-])cc1. The van der Waals surface area contributed by atoms with Crippen molar-refractivity contribution in [2.24, 2.45) is 0 Å². The average Bonchev–Trinajstić information content (AvgIpc) is 2.90. The Hall–Kier alpha value is -2.76. The predicted octanol–water partition coefficient (Wildman–Crippen LogP) is 2.85. The van der Waals surface area contributed by atoms with Crippen LogP contribution in [0.15, 0.2) is 48.8 Å². The van der Waals surface area contributed by atoms with Crippen LogP contribution in [-0.4, -0.2) is 20.7 Å². The number of carbonyl (C=O) groups is 1. The highest BCUT2D eigenvalue weighted by atomic mass is 16.6. The molecule has 3 rings (SSSR count). The van der Waals surface area contributed by atoms with Gasteiger partial charge in [-0.25, -0.2) is 0 Å². The van der Waals surface area contributed by atoms with Gasteiger partial charge in [-0.05, 0) is 23.6 Å². The number of hydrogen-bond donors (Lipinski definition) is 0. The van der Waals surface area contributed by atoms with Gasteiger partial charge in [0.05, 0.1) is 11.0 Å². The van der Waals surface area contributed by atoms with E-state index in [1.807, 2.05) is 17.0 Å². The van der Waals surface area contributed by atoms with E-state index in [0.717, 1.165) is 17.5 Å². The molecule has 2 heterocycles. The minimum atomic E-state index is -0.427. The number of benzene rings is 1. The van der Waals surface area contributed by atoms with Gasteiger partial charge in [-0.15, -0.1) is 0 Å². The molecule has 1 aliphatic rings. The van der Waals surface area contributed by atoms with E-state index in [4.69, 9.17) is 0 Å². The maximum absolute atomic E-state index is 12.1. The number of nitrogens with zero attached hydrogens (tertiary/aromatic N) is 3. The van der Waals surface area contributed by atoms with E-state index in [9.17, 15) is 14.9 Å². The van der Waals surface area contributed by atoms with Crippen LogP contribution in [-0.2, 0) is 11.3 Å². The standard InChI is InChI=1S/C16H15N3O3/c20-16-8-7-15(13-2-1-9-17-10-13)18(16)11-12-3-5-14(6-4-12)19(21)22/h1-6,9-10,15H,7-8,11H2. The Labute approximate surface area is 127 Å². The number of likely N-dealkylation sites (tertiary alicyclic amines) is 1. The lowest BCUT2D eigenvalue weighted by Crippen LogP contribution is -2.27. The fourth-order valence-corrected chi connectivity index (χ4v) is 2.77. The van der Waals surface area contributed by atoms with E-state index >= 15 is 0 Å². The van der Waals surface area contributed by atoms with Gasteiger partial charge in [0.2, 0.25) is 5.91 Å². The third kappa shape index (κ3) is 2.81. The Morgan fingerprint density at radius 1 is 1.27 bits per heavy atom. The topological polar surface area (TPSA) is 76.3 Å². The smallest absolute Gasteiger partial charge is 0.269 e. The van der Waals surface area contributed by atoms with Crippen molar-refractivity contribution in [1.82, 2.24) is 9.88 Å². The predicted molar refractivity (Wildman–Crippen MR) is 79.9 cm³/mol. The molecule has 1 aliphatic heterocycles. The summed E-state index contributed by atoms with van der Waals surface area (Å²) in [6, 6.07) is 10.2. The van der Waals surface area contributed by atoms with Crippen molar-refractivity contribution in [3.05, 3.63) is 70.0 Å². The minimum absolute atomic E-state index is 0.0244. The normalized spacial score (nSPS) is 17.7. The third-order valence-electron chi connectivity index (χ3n) is 3.90. The number of pyridine rings is 1. The Morgan fingerprint density at radius 3 is 2.68 bits per heavy atom. The summed E-state index contributed by atoms with van der Waals surface area (Å²) in [5.41, 5.74) is 1.96. The summed E-state index contributed by atoms with van der Waals surface area (Å²) >= 11 is 0. The van der Waals surface area contributed by atoms with Crippen LogP contribution in [0.4, 0.5) is 5.69 Å². The second-order valence-electron chi connectivity index (χ2n) is 5.29. The molecule has 112 valence electrons. The van der Waals surface area contributed by atoms with Gasteiger partial charge in [0, 0.05) is 37.5 Å². The third-order valence-corrected chi connectivity index (χ3v) is 3.90. The fraction of sp³-hybridized carbons (Fsp3) is 0.250. The number of rotatable bonds is 4. The summed E-state index contributed by atoms with van der Waals surface area (Å²) in [5, 5.41) is 10.7. The molecule has 1 fully saturated rings. The molecule has 1 aromatic carbocycles. The van der Waals surface area contributed by atoms with Gasteiger partial charge in [0.25, 0.3) is 5.69 Å². The summed E-state index contributed by atoms with van der Waals surface area (Å²) in [6.07, 6.45) is 4.79. The van der Waals surface area contributed by atoms with Crippen molar-refractivity contribution >= 4 is 11.6 Å². The molecule has 0 bridgehead atoms. The number of nitro groups is 1. The molecular weight excluding hydrogens is 282 g/mol. The largest absolute Gasteiger partial charge is 0.331 e. The molecule has 0 N–H and O–H groups in total. The first-order valence-corrected chi connectivity index (χ1v) is 7.08. The molecule has 0 radical (unpaired) electrons. The quantitative estimate of drug-likeness (QED) is 0.642. The van der Waals surface area contributed by atoms with Crippen molar-refractivity contribution in [2.75, 3.05) is 0 Å². The zero-order valence-corrected chi connectivity index (χ0v) is 11.9. The molecule has 22 heavy (non-hydrogen) atoms. The number of aromatic nitrogens is 1. The van der Waals surface area contributed by atoms with E-state index in [0.29, 0.717) is 13.0 Å². The van der Waals surface area contributed by atoms with Crippen molar-refractivity contribution in [2.45, 2.75) is 25.4 Å². The molecule has 1 aromatic heterocycles. The van der Waals surface area contributed by atoms with Crippen LogP contribution >= 0.6 is 0 Å². The Bertz CT molecular complexity index is 686. The van der Waals surface area contributed by atoms with E-state index in [2.05, 4.69) is 4.98 Å². The lowest BCUT2D eigenvalue weighted by molar-refractivity contribution is -0.384. The molecule has 1 unspecified atom stereocenters. The van der Waals surface area contributed by atoms with Crippen molar-refractivity contribution in [3.8, 4) is 0 Å². The average molecular weight is 297 g/mol. The van der Waals surface area contributed by atoms with E-state index in [-0.39, 0.29) is 17.6 Å². The van der Waals surface area contributed by atoms with Gasteiger partial charge in [-0.3, -0.25) is 19.9 Å². The monoisotopic (exact) mass is 297 g/mol. The van der Waals surface area contributed by atoms with Crippen LogP contribution in [0.25, 0.3) is 0 Å². The van der Waals surface area contributed by atoms with Gasteiger partial charge in [0.15, 0.2) is 0 Å². The van der Waals surface area contributed by atoms with Gasteiger partial charge in [-0.1, -0.05) is 18.2 Å². The van der Waals surface area contributed by atoms with E-state index in [1.165, 1.54) is 12.1 Å². The summed E-state index contributed by atoms with van der Waals surface area (Å²) in [5.74, 6) is 0.104. The first-order valence-electron chi connectivity index (χ1n) is 7.08. The molecular formula is C16H15N3O3. The summed E-state index contributed by atoms with van der Waals surface area (Å²) < 4.78 is 0. The number of nitro benzene ring substituents is 1. The first kappa shape index (κ1) is 14.2. The highest BCUT2D eigenvalue weighted by Gasteiger charge is 2.32. The van der Waals surface area contributed by atoms with Gasteiger partial charge in [-0.2, -0.15) is 0 Å². The Morgan fingerprint density at radius 2 is 2.05 bits per heavy atom. The minimum Gasteiger partial charge on any atom is -0.331 e. The maximum Gasteiger partial charge on any atom is 0.269 e. The Kier molecular flexibility index (Phi) is 3.82. The maximum atomic E-state index is 12.1. The van der Waals surface area contributed by atoms with Crippen LogP contribution in [0.5, 0.6) is 0 Å². The van der Waals surface area contributed by atoms with Crippen LogP contribution in [0.2, 0.25) is 0 Å². The van der Waals surface area contributed by atoms with Crippen molar-refractivity contribution < 1.29 is 9.72 Å². The van der Waals surface area contributed by atoms with E-state index in [1.54, 1.807) is 24.5 Å². The summed E-state index contributed by atoms with van der Waals surface area (Å²) in [4.78, 5) is 28.3. The molecule has 6 nitrogen and oxygen atoms in total. The number of hydrogen-bond acceptors (Lipinski definition) is 4. The van der Waals surface area contributed by atoms with Gasteiger partial charge >= 0.3 is 0 Å². The highest BCUT2D eigenvalue weighted by Crippen LogP contribution is 2.33. The molecule has 2 aromatic rings. The summed E-state index contributed by atoms with van der Waals surface area (Å²) in [6.45, 7) is 0.455. The fourth-order valence-electron chi connectivity index (χ4n) is 2.77. The number of amides is 1. The molecule has 1 saturated heterocycles. The van der Waals surface area contributed by atoms with Crippen molar-refractivity contribution in [1.29, 1.82) is 0 Å². The van der Waals surface area contributed by atoms with Crippen LogP contribution in [0, 0.1) is 10.1 Å². The number of non-ortho nitro benzene ring substituents is 1. The Balaban J connectivity index is 1.80. The molecule has 1 amide bonds.